The largest absolute Gasteiger partial charge is 0.493 e. The highest BCUT2D eigenvalue weighted by Gasteiger charge is 2.30. The van der Waals surface area contributed by atoms with E-state index in [9.17, 15) is 9.59 Å². The average Bonchev–Trinajstić information content (AvgIpc) is 2.65. The van der Waals surface area contributed by atoms with Crippen LogP contribution in [-0.4, -0.2) is 32.6 Å². The number of rotatable bonds is 5. The van der Waals surface area contributed by atoms with E-state index in [2.05, 4.69) is 10.6 Å². The number of nitrogens with one attached hydrogen (secondary N) is 2. The van der Waals surface area contributed by atoms with Crippen LogP contribution in [0, 0.1) is 0 Å². The number of para-hydroxylation sites is 2. The Morgan fingerprint density at radius 3 is 2.72 bits per heavy atom. The normalized spacial score (nSPS) is 15.4. The van der Waals surface area contributed by atoms with Crippen molar-refractivity contribution in [3.8, 4) is 17.2 Å². The molecule has 2 aromatic carbocycles. The maximum Gasteiger partial charge on any atom is 0.258 e. The number of benzene rings is 2. The fraction of sp³-hybridized carbons (Fsp3) is 0.222. The summed E-state index contributed by atoms with van der Waals surface area (Å²) in [6, 6.07) is 12.2. The summed E-state index contributed by atoms with van der Waals surface area (Å²) < 4.78 is 16.8. The number of likely N-dealkylation sites (N-methyl/N-ethyl adjacent to an activating group) is 1. The standard InChI is InChI=1S/C18H18N2O5/c1-19-15(21)10-24-13-8-4-3-6-11(13)18-20-17(22)12-7-5-9-14(23-2)16(12)25-18/h3-9,18H,10H2,1-2H3,(H,19,21)(H,20,22). The second-order valence-electron chi connectivity index (χ2n) is 5.31. The minimum absolute atomic E-state index is 0.131. The van der Waals surface area contributed by atoms with Crippen LogP contribution in [0.4, 0.5) is 0 Å². The predicted octanol–water partition coefficient (Wildman–Crippen LogP) is 1.64. The van der Waals surface area contributed by atoms with Gasteiger partial charge in [0.2, 0.25) is 6.23 Å². The van der Waals surface area contributed by atoms with Crippen molar-refractivity contribution in [1.29, 1.82) is 0 Å². The predicted molar refractivity (Wildman–Crippen MR) is 89.8 cm³/mol. The van der Waals surface area contributed by atoms with Gasteiger partial charge in [-0.1, -0.05) is 18.2 Å². The minimum Gasteiger partial charge on any atom is -0.493 e. The molecule has 3 rings (SSSR count). The number of hydrogen-bond donors (Lipinski definition) is 2. The van der Waals surface area contributed by atoms with E-state index >= 15 is 0 Å². The summed E-state index contributed by atoms with van der Waals surface area (Å²) in [7, 11) is 3.05. The van der Waals surface area contributed by atoms with Gasteiger partial charge in [-0.15, -0.1) is 0 Å². The van der Waals surface area contributed by atoms with Crippen LogP contribution in [0.25, 0.3) is 0 Å². The first-order valence-corrected chi connectivity index (χ1v) is 7.71. The van der Waals surface area contributed by atoms with E-state index in [1.807, 2.05) is 0 Å². The van der Waals surface area contributed by atoms with Gasteiger partial charge < -0.3 is 24.8 Å². The molecule has 1 atom stereocenters. The Bertz CT molecular complexity index is 806. The van der Waals surface area contributed by atoms with Crippen molar-refractivity contribution in [2.45, 2.75) is 6.23 Å². The molecule has 2 N–H and O–H groups in total. The number of ether oxygens (including phenoxy) is 3. The van der Waals surface area contributed by atoms with Gasteiger partial charge in [-0.05, 0) is 24.3 Å². The first kappa shape index (κ1) is 16.6. The molecule has 7 heteroatoms. The van der Waals surface area contributed by atoms with Crippen LogP contribution in [0.1, 0.15) is 22.1 Å². The number of fused-ring (bicyclic) bond motifs is 1. The molecule has 0 saturated heterocycles. The topological polar surface area (TPSA) is 85.9 Å². The molecule has 1 heterocycles. The van der Waals surface area contributed by atoms with Crippen molar-refractivity contribution in [1.82, 2.24) is 10.6 Å². The molecule has 1 aliphatic rings. The van der Waals surface area contributed by atoms with E-state index in [4.69, 9.17) is 14.2 Å². The Labute approximate surface area is 144 Å². The van der Waals surface area contributed by atoms with E-state index in [-0.39, 0.29) is 18.4 Å². The summed E-state index contributed by atoms with van der Waals surface area (Å²) in [5.74, 6) is 0.775. The van der Waals surface area contributed by atoms with Crippen LogP contribution in [0.5, 0.6) is 17.2 Å². The van der Waals surface area contributed by atoms with Gasteiger partial charge in [-0.3, -0.25) is 9.59 Å². The van der Waals surface area contributed by atoms with Crippen molar-refractivity contribution in [3.05, 3.63) is 53.6 Å². The molecule has 25 heavy (non-hydrogen) atoms. The highest BCUT2D eigenvalue weighted by atomic mass is 16.5. The van der Waals surface area contributed by atoms with E-state index in [1.54, 1.807) is 42.5 Å². The minimum atomic E-state index is -0.753. The lowest BCUT2D eigenvalue weighted by Gasteiger charge is -2.29. The smallest absolute Gasteiger partial charge is 0.258 e. The number of methoxy groups -OCH3 is 1. The Morgan fingerprint density at radius 1 is 1.20 bits per heavy atom. The quantitative estimate of drug-likeness (QED) is 0.863. The van der Waals surface area contributed by atoms with Crippen LogP contribution in [-0.2, 0) is 4.79 Å². The molecule has 7 nitrogen and oxygen atoms in total. The van der Waals surface area contributed by atoms with Crippen molar-refractivity contribution < 1.29 is 23.8 Å². The number of amides is 2. The summed E-state index contributed by atoms with van der Waals surface area (Å²) in [4.78, 5) is 23.8. The third-order valence-corrected chi connectivity index (χ3v) is 3.78. The maximum atomic E-state index is 12.4. The zero-order valence-electron chi connectivity index (χ0n) is 13.9. The molecule has 0 aliphatic carbocycles. The summed E-state index contributed by atoms with van der Waals surface area (Å²) >= 11 is 0. The SMILES string of the molecule is CNC(=O)COc1ccccc1C1NC(=O)c2cccc(OC)c2O1. The van der Waals surface area contributed by atoms with Crippen LogP contribution in [0.3, 0.4) is 0 Å². The second-order valence-corrected chi connectivity index (χ2v) is 5.31. The first-order valence-electron chi connectivity index (χ1n) is 7.71. The maximum absolute atomic E-state index is 12.4. The molecule has 0 aromatic heterocycles. The fourth-order valence-electron chi connectivity index (χ4n) is 2.51. The molecule has 0 bridgehead atoms. The average molecular weight is 342 g/mol. The van der Waals surface area contributed by atoms with Gasteiger partial charge in [0.25, 0.3) is 11.8 Å². The number of carbonyl (C=O) groups is 2. The lowest BCUT2D eigenvalue weighted by atomic mass is 10.1. The van der Waals surface area contributed by atoms with Crippen LogP contribution >= 0.6 is 0 Å². The molecule has 0 saturated carbocycles. The molecule has 0 fully saturated rings. The lowest BCUT2D eigenvalue weighted by molar-refractivity contribution is -0.122. The van der Waals surface area contributed by atoms with Crippen LogP contribution in [0.15, 0.2) is 42.5 Å². The summed E-state index contributed by atoms with van der Waals surface area (Å²) in [6.07, 6.45) is -0.753. The summed E-state index contributed by atoms with van der Waals surface area (Å²) in [5, 5.41) is 5.27. The van der Waals surface area contributed by atoms with Crippen LogP contribution < -0.4 is 24.8 Å². The molecule has 2 aromatic rings. The van der Waals surface area contributed by atoms with Crippen molar-refractivity contribution in [2.75, 3.05) is 20.8 Å². The molecular formula is C18H18N2O5. The van der Waals surface area contributed by atoms with Gasteiger partial charge in [-0.25, -0.2) is 0 Å². The van der Waals surface area contributed by atoms with Gasteiger partial charge in [0.1, 0.15) is 5.75 Å². The van der Waals surface area contributed by atoms with Gasteiger partial charge in [0.15, 0.2) is 18.1 Å². The Morgan fingerprint density at radius 2 is 1.96 bits per heavy atom. The van der Waals surface area contributed by atoms with Gasteiger partial charge in [-0.2, -0.15) is 0 Å². The molecule has 1 aliphatic heterocycles. The molecule has 130 valence electrons. The summed E-state index contributed by atoms with van der Waals surface area (Å²) in [5.41, 5.74) is 1.01. The van der Waals surface area contributed by atoms with Crippen molar-refractivity contribution in [3.63, 3.8) is 0 Å². The molecular weight excluding hydrogens is 324 g/mol. The van der Waals surface area contributed by atoms with Gasteiger partial charge in [0.05, 0.1) is 18.2 Å². The monoisotopic (exact) mass is 342 g/mol. The van der Waals surface area contributed by atoms with Gasteiger partial charge >= 0.3 is 0 Å². The van der Waals surface area contributed by atoms with Crippen LogP contribution in [0.2, 0.25) is 0 Å². The fourth-order valence-corrected chi connectivity index (χ4v) is 2.51. The van der Waals surface area contributed by atoms with Gasteiger partial charge in [0, 0.05) is 7.05 Å². The Balaban J connectivity index is 1.91. The Kier molecular flexibility index (Phi) is 4.74. The number of hydrogen-bond acceptors (Lipinski definition) is 5. The van der Waals surface area contributed by atoms with Crippen molar-refractivity contribution >= 4 is 11.8 Å². The third kappa shape index (κ3) is 3.35. The summed E-state index contributed by atoms with van der Waals surface area (Å²) in [6.45, 7) is -0.131. The zero-order valence-corrected chi connectivity index (χ0v) is 13.9. The Hall–Kier alpha value is -3.22. The lowest BCUT2D eigenvalue weighted by Crippen LogP contribution is -2.37. The second kappa shape index (κ2) is 7.12. The molecule has 2 amide bonds. The third-order valence-electron chi connectivity index (χ3n) is 3.78. The molecule has 1 unspecified atom stereocenters. The van der Waals surface area contributed by atoms with E-state index < -0.39 is 6.23 Å². The molecule has 0 spiro atoms. The highest BCUT2D eigenvalue weighted by Crippen LogP contribution is 2.38. The zero-order chi connectivity index (χ0) is 17.8. The van der Waals surface area contributed by atoms with Crippen molar-refractivity contribution in [2.24, 2.45) is 0 Å². The number of carbonyl (C=O) groups excluding carboxylic acids is 2. The first-order chi connectivity index (χ1) is 12.1. The van der Waals surface area contributed by atoms with E-state index in [0.29, 0.717) is 28.4 Å². The van der Waals surface area contributed by atoms with E-state index in [1.165, 1.54) is 14.2 Å². The molecule has 0 radical (unpaired) electrons. The van der Waals surface area contributed by atoms with E-state index in [0.717, 1.165) is 0 Å². The highest BCUT2D eigenvalue weighted by molar-refractivity contribution is 5.99.